The van der Waals surface area contributed by atoms with Gasteiger partial charge in [0.05, 0.1) is 21.3 Å². The van der Waals surface area contributed by atoms with Crippen molar-refractivity contribution in [2.75, 3.05) is 47.5 Å². The summed E-state index contributed by atoms with van der Waals surface area (Å²) in [5.41, 5.74) is 1.02. The van der Waals surface area contributed by atoms with Crippen LogP contribution in [0.4, 0.5) is 0 Å². The van der Waals surface area contributed by atoms with Gasteiger partial charge in [-0.05, 0) is 32.1 Å². The summed E-state index contributed by atoms with van der Waals surface area (Å²) in [5.74, 6) is 4.08. The predicted octanol–water partition coefficient (Wildman–Crippen LogP) is 3.57. The van der Waals surface area contributed by atoms with Gasteiger partial charge in [0.2, 0.25) is 0 Å². The van der Waals surface area contributed by atoms with Gasteiger partial charge in [0.1, 0.15) is 17.2 Å². The van der Waals surface area contributed by atoms with Crippen molar-refractivity contribution in [2.24, 2.45) is 10.9 Å². The third-order valence-electron chi connectivity index (χ3n) is 4.86. The zero-order valence-corrected chi connectivity index (χ0v) is 19.5. The van der Waals surface area contributed by atoms with E-state index in [1.807, 2.05) is 12.1 Å². The van der Waals surface area contributed by atoms with Crippen LogP contribution in [0.2, 0.25) is 0 Å². The summed E-state index contributed by atoms with van der Waals surface area (Å²) < 4.78 is 16.4. The number of halogens is 1. The molecule has 1 saturated heterocycles. The minimum atomic E-state index is 0. The summed E-state index contributed by atoms with van der Waals surface area (Å²) in [6.45, 7) is 8.12. The van der Waals surface area contributed by atoms with E-state index in [-0.39, 0.29) is 24.0 Å². The van der Waals surface area contributed by atoms with E-state index in [9.17, 15) is 0 Å². The maximum Gasteiger partial charge on any atom is 0.193 e. The highest BCUT2D eigenvalue weighted by atomic mass is 127. The average Bonchev–Trinajstić information content (AvgIpc) is 2.67. The molecule has 0 radical (unpaired) electrons. The lowest BCUT2D eigenvalue weighted by atomic mass is 10.00. The highest BCUT2D eigenvalue weighted by Crippen LogP contribution is 2.34. The van der Waals surface area contributed by atoms with Gasteiger partial charge in [0.25, 0.3) is 0 Å². The molecular formula is C20H34IN3O3. The Labute approximate surface area is 180 Å². The molecule has 27 heavy (non-hydrogen) atoms. The highest BCUT2D eigenvalue weighted by molar-refractivity contribution is 14.0. The van der Waals surface area contributed by atoms with E-state index in [2.05, 4.69) is 24.1 Å². The molecule has 0 unspecified atom stereocenters. The number of nitrogens with one attached hydrogen (secondary N) is 1. The summed E-state index contributed by atoms with van der Waals surface area (Å²) in [6, 6.07) is 3.78. The van der Waals surface area contributed by atoms with Gasteiger partial charge in [-0.2, -0.15) is 0 Å². The van der Waals surface area contributed by atoms with E-state index >= 15 is 0 Å². The summed E-state index contributed by atoms with van der Waals surface area (Å²) in [6.07, 6.45) is 3.20. The number of hydrogen-bond donors (Lipinski definition) is 1. The van der Waals surface area contributed by atoms with Gasteiger partial charge >= 0.3 is 0 Å². The van der Waals surface area contributed by atoms with Crippen LogP contribution in [0.25, 0.3) is 0 Å². The predicted molar refractivity (Wildman–Crippen MR) is 121 cm³/mol. The Bertz CT molecular complexity index is 577. The van der Waals surface area contributed by atoms with Crippen molar-refractivity contribution in [2.45, 2.75) is 33.1 Å². The Morgan fingerprint density at radius 2 is 1.70 bits per heavy atom. The molecule has 0 aromatic heterocycles. The van der Waals surface area contributed by atoms with Crippen molar-refractivity contribution in [1.82, 2.24) is 10.2 Å². The van der Waals surface area contributed by atoms with Crippen LogP contribution in [0.3, 0.4) is 0 Å². The van der Waals surface area contributed by atoms with Crippen LogP contribution in [-0.2, 0) is 6.42 Å². The van der Waals surface area contributed by atoms with Gasteiger partial charge in [-0.3, -0.25) is 4.99 Å². The minimum Gasteiger partial charge on any atom is -0.496 e. The van der Waals surface area contributed by atoms with E-state index in [4.69, 9.17) is 19.2 Å². The van der Waals surface area contributed by atoms with Crippen molar-refractivity contribution in [3.8, 4) is 17.2 Å². The number of benzene rings is 1. The molecule has 154 valence electrons. The van der Waals surface area contributed by atoms with Crippen LogP contribution in [-0.4, -0.2) is 58.4 Å². The van der Waals surface area contributed by atoms with Crippen molar-refractivity contribution in [1.29, 1.82) is 0 Å². The van der Waals surface area contributed by atoms with Crippen LogP contribution in [0, 0.1) is 5.92 Å². The zero-order valence-electron chi connectivity index (χ0n) is 17.2. The van der Waals surface area contributed by atoms with Crippen LogP contribution in [0.5, 0.6) is 17.2 Å². The Kier molecular flexibility index (Phi) is 10.6. The molecule has 2 rings (SSSR count). The quantitative estimate of drug-likeness (QED) is 0.359. The Hall–Kier alpha value is -1.38. The molecule has 1 N–H and O–H groups in total. The van der Waals surface area contributed by atoms with E-state index in [1.54, 1.807) is 21.3 Å². The first kappa shape index (κ1) is 23.7. The highest BCUT2D eigenvalue weighted by Gasteiger charge is 2.19. The molecule has 1 aliphatic rings. The molecule has 7 heteroatoms. The van der Waals surface area contributed by atoms with E-state index < -0.39 is 0 Å². The Balaban J connectivity index is 0.00000364. The number of guanidine groups is 1. The van der Waals surface area contributed by atoms with Crippen LogP contribution >= 0.6 is 24.0 Å². The molecule has 1 aromatic rings. The van der Waals surface area contributed by atoms with Crippen molar-refractivity contribution >= 4 is 29.9 Å². The number of rotatable bonds is 7. The third kappa shape index (κ3) is 6.62. The first-order valence-corrected chi connectivity index (χ1v) is 9.45. The maximum atomic E-state index is 5.53. The first-order valence-electron chi connectivity index (χ1n) is 9.45. The smallest absolute Gasteiger partial charge is 0.193 e. The molecule has 1 aliphatic heterocycles. The van der Waals surface area contributed by atoms with Crippen molar-refractivity contribution < 1.29 is 14.2 Å². The largest absolute Gasteiger partial charge is 0.496 e. The Morgan fingerprint density at radius 1 is 1.11 bits per heavy atom. The fourth-order valence-electron chi connectivity index (χ4n) is 3.24. The monoisotopic (exact) mass is 491 g/mol. The fourth-order valence-corrected chi connectivity index (χ4v) is 3.24. The second kappa shape index (κ2) is 12.2. The normalized spacial score (nSPS) is 15.1. The lowest BCUT2D eigenvalue weighted by Gasteiger charge is -2.33. The van der Waals surface area contributed by atoms with E-state index in [0.29, 0.717) is 6.54 Å². The number of likely N-dealkylation sites (tertiary alicyclic amines) is 1. The summed E-state index contributed by atoms with van der Waals surface area (Å²) in [7, 11) is 4.97. The molecule has 0 amide bonds. The molecule has 0 saturated carbocycles. The van der Waals surface area contributed by atoms with Crippen LogP contribution in [0.1, 0.15) is 32.3 Å². The topological polar surface area (TPSA) is 55.3 Å². The summed E-state index contributed by atoms with van der Waals surface area (Å²) in [4.78, 5) is 7.21. The average molecular weight is 491 g/mol. The van der Waals surface area contributed by atoms with Crippen LogP contribution < -0.4 is 19.5 Å². The number of nitrogens with zero attached hydrogens (tertiary/aromatic N) is 2. The molecule has 0 spiro atoms. The van der Waals surface area contributed by atoms with Gasteiger partial charge in [-0.25, -0.2) is 0 Å². The summed E-state index contributed by atoms with van der Waals surface area (Å²) >= 11 is 0. The second-order valence-corrected chi connectivity index (χ2v) is 6.67. The van der Waals surface area contributed by atoms with Crippen molar-refractivity contribution in [3.05, 3.63) is 17.7 Å². The molecule has 1 heterocycles. The molecule has 6 nitrogen and oxygen atoms in total. The molecule has 1 fully saturated rings. The minimum absolute atomic E-state index is 0. The van der Waals surface area contributed by atoms with Gasteiger partial charge in [-0.1, -0.05) is 6.92 Å². The fraction of sp³-hybridized carbons (Fsp3) is 0.650. The van der Waals surface area contributed by atoms with Crippen LogP contribution in [0.15, 0.2) is 17.1 Å². The lowest BCUT2D eigenvalue weighted by Crippen LogP contribution is -2.45. The number of aliphatic imine (C=N–C) groups is 1. The third-order valence-corrected chi connectivity index (χ3v) is 4.86. The van der Waals surface area contributed by atoms with Gasteiger partial charge in [0.15, 0.2) is 5.96 Å². The van der Waals surface area contributed by atoms with Gasteiger partial charge < -0.3 is 24.4 Å². The van der Waals surface area contributed by atoms with Gasteiger partial charge in [0, 0.05) is 43.9 Å². The zero-order chi connectivity index (χ0) is 18.9. The van der Waals surface area contributed by atoms with E-state index in [1.165, 1.54) is 12.8 Å². The Morgan fingerprint density at radius 3 is 2.19 bits per heavy atom. The van der Waals surface area contributed by atoms with Crippen molar-refractivity contribution in [3.63, 3.8) is 0 Å². The second-order valence-electron chi connectivity index (χ2n) is 6.67. The first-order chi connectivity index (χ1) is 12.6. The lowest BCUT2D eigenvalue weighted by molar-refractivity contribution is 0.273. The van der Waals surface area contributed by atoms with E-state index in [0.717, 1.165) is 60.7 Å². The standard InChI is InChI=1S/C20H33N3O3.HI/c1-6-21-20(23-11-8-15(2)9-12-23)22-10-7-17-18(25-4)13-16(24-3)14-19(17)26-5;/h13-15H,6-12H2,1-5H3,(H,21,22);1H. The number of piperidine rings is 1. The van der Waals surface area contributed by atoms with Gasteiger partial charge in [-0.15, -0.1) is 24.0 Å². The maximum absolute atomic E-state index is 5.53. The molecule has 0 aliphatic carbocycles. The molecular weight excluding hydrogens is 457 g/mol. The number of hydrogen-bond acceptors (Lipinski definition) is 4. The SMILES string of the molecule is CCNC(=NCCc1c(OC)cc(OC)cc1OC)N1CCC(C)CC1.I. The molecule has 1 aromatic carbocycles. The summed E-state index contributed by atoms with van der Waals surface area (Å²) in [5, 5.41) is 3.42. The molecule has 0 atom stereocenters. The number of methoxy groups -OCH3 is 3. The number of ether oxygens (including phenoxy) is 3. The molecule has 0 bridgehead atoms.